The van der Waals surface area contributed by atoms with Gasteiger partial charge in [0, 0.05) is 6.42 Å². The molecule has 0 aliphatic carbocycles. The van der Waals surface area contributed by atoms with Gasteiger partial charge in [-0.15, -0.1) is 0 Å². The molecule has 314 valence electrons. The Morgan fingerprint density at radius 2 is 0.815 bits per heavy atom. The fourth-order valence-electron chi connectivity index (χ4n) is 6.93. The molecule has 0 saturated heterocycles. The summed E-state index contributed by atoms with van der Waals surface area (Å²) in [7, 11) is 0. The molecule has 4 nitrogen and oxygen atoms in total. The second-order valence-corrected chi connectivity index (χ2v) is 15.8. The van der Waals surface area contributed by atoms with E-state index in [1.165, 1.54) is 161 Å². The molecule has 0 radical (unpaired) electrons. The monoisotopic (exact) mass is 754 g/mol. The van der Waals surface area contributed by atoms with Crippen LogP contribution in [0.25, 0.3) is 0 Å². The summed E-state index contributed by atoms with van der Waals surface area (Å²) in [5.41, 5.74) is 0. The average molecular weight is 754 g/mol. The number of carbonyl (C=O) groups is 1. The van der Waals surface area contributed by atoms with Gasteiger partial charge < -0.3 is 15.5 Å². The minimum absolute atomic E-state index is 0.0652. The molecule has 54 heavy (non-hydrogen) atoms. The molecule has 0 bridgehead atoms. The van der Waals surface area contributed by atoms with Gasteiger partial charge in [-0.2, -0.15) is 0 Å². The van der Waals surface area contributed by atoms with E-state index in [4.69, 9.17) is 0 Å². The van der Waals surface area contributed by atoms with Gasteiger partial charge in [0.05, 0.1) is 18.8 Å². The molecular formula is C50H91NO3. The average Bonchev–Trinajstić information content (AvgIpc) is 3.18. The van der Waals surface area contributed by atoms with Crippen molar-refractivity contribution in [3.8, 4) is 0 Å². The maximum Gasteiger partial charge on any atom is 0.220 e. The first-order valence-electron chi connectivity index (χ1n) is 23.5. The zero-order valence-corrected chi connectivity index (χ0v) is 36.0. The number of hydrogen-bond acceptors (Lipinski definition) is 3. The van der Waals surface area contributed by atoms with E-state index in [0.717, 1.165) is 51.4 Å². The van der Waals surface area contributed by atoms with Crippen LogP contribution in [-0.2, 0) is 4.79 Å². The van der Waals surface area contributed by atoms with Crippen LogP contribution in [0.1, 0.15) is 232 Å². The van der Waals surface area contributed by atoms with Gasteiger partial charge in [0.2, 0.25) is 5.91 Å². The smallest absolute Gasteiger partial charge is 0.220 e. The Kier molecular flexibility index (Phi) is 43.9. The topological polar surface area (TPSA) is 69.6 Å². The summed E-state index contributed by atoms with van der Waals surface area (Å²) < 4.78 is 0. The number of rotatable bonds is 42. The number of carbonyl (C=O) groups excluding carboxylic acids is 1. The van der Waals surface area contributed by atoms with Crippen molar-refractivity contribution in [3.05, 3.63) is 60.8 Å². The first-order valence-corrected chi connectivity index (χ1v) is 23.5. The maximum atomic E-state index is 12.4. The lowest BCUT2D eigenvalue weighted by Gasteiger charge is -2.20. The molecule has 0 saturated carbocycles. The van der Waals surface area contributed by atoms with Crippen LogP contribution in [-0.4, -0.2) is 34.9 Å². The number of unbranched alkanes of at least 4 members (excludes halogenated alkanes) is 27. The van der Waals surface area contributed by atoms with Crippen molar-refractivity contribution in [2.45, 2.75) is 244 Å². The molecule has 0 heterocycles. The summed E-state index contributed by atoms with van der Waals surface area (Å²) >= 11 is 0. The molecule has 0 rings (SSSR count). The third-order valence-electron chi connectivity index (χ3n) is 10.5. The molecule has 0 aromatic heterocycles. The lowest BCUT2D eigenvalue weighted by atomic mass is 10.0. The lowest BCUT2D eigenvalue weighted by molar-refractivity contribution is -0.123. The molecule has 0 fully saturated rings. The summed E-state index contributed by atoms with van der Waals surface area (Å²) in [6, 6.07) is -0.622. The predicted octanol–water partition coefficient (Wildman–Crippen LogP) is 14.9. The van der Waals surface area contributed by atoms with Crippen molar-refractivity contribution in [1.82, 2.24) is 5.32 Å². The number of allylic oxidation sites excluding steroid dienone is 9. The van der Waals surface area contributed by atoms with E-state index in [2.05, 4.69) is 67.8 Å². The first kappa shape index (κ1) is 52.1. The van der Waals surface area contributed by atoms with Crippen LogP contribution in [0.5, 0.6) is 0 Å². The number of aliphatic hydroxyl groups excluding tert-OH is 2. The molecule has 4 heteroatoms. The van der Waals surface area contributed by atoms with E-state index in [9.17, 15) is 15.0 Å². The van der Waals surface area contributed by atoms with Crippen LogP contribution in [0, 0.1) is 0 Å². The van der Waals surface area contributed by atoms with E-state index < -0.39 is 12.1 Å². The first-order chi connectivity index (χ1) is 26.7. The van der Waals surface area contributed by atoms with Gasteiger partial charge in [0.25, 0.3) is 0 Å². The lowest BCUT2D eigenvalue weighted by Crippen LogP contribution is -2.45. The Hall–Kier alpha value is -1.91. The highest BCUT2D eigenvalue weighted by Gasteiger charge is 2.17. The van der Waals surface area contributed by atoms with Crippen molar-refractivity contribution in [2.75, 3.05) is 6.61 Å². The minimum atomic E-state index is -0.838. The fourth-order valence-corrected chi connectivity index (χ4v) is 6.93. The van der Waals surface area contributed by atoms with Gasteiger partial charge in [-0.1, -0.05) is 229 Å². The molecular weight excluding hydrogens is 663 g/mol. The van der Waals surface area contributed by atoms with Crippen LogP contribution in [0.3, 0.4) is 0 Å². The van der Waals surface area contributed by atoms with Gasteiger partial charge in [0.1, 0.15) is 0 Å². The quantitative estimate of drug-likeness (QED) is 0.0429. The Morgan fingerprint density at radius 1 is 0.463 bits per heavy atom. The van der Waals surface area contributed by atoms with Gasteiger partial charge in [0.15, 0.2) is 0 Å². The van der Waals surface area contributed by atoms with Crippen molar-refractivity contribution >= 4 is 5.91 Å². The van der Waals surface area contributed by atoms with Crippen molar-refractivity contribution in [3.63, 3.8) is 0 Å². The van der Waals surface area contributed by atoms with E-state index in [1.807, 2.05) is 6.08 Å². The highest BCUT2D eigenvalue weighted by Crippen LogP contribution is 2.15. The highest BCUT2D eigenvalue weighted by atomic mass is 16.3. The second kappa shape index (κ2) is 45.5. The molecule has 0 aliphatic heterocycles. The summed E-state index contributed by atoms with van der Waals surface area (Å²) in [6.45, 7) is 4.19. The number of nitrogens with one attached hydrogen (secondary N) is 1. The standard InChI is InChI=1S/C50H91NO3/c1-3-5-7-9-11-13-15-17-18-19-20-21-22-23-24-25-26-27-28-29-30-31-32-34-36-38-40-42-44-46-50(54)51-48(47-52)49(53)45-43-41-39-37-35-33-16-14-12-10-8-6-4-2/h5,7,11,13,17-18,20-21,43,45,48-49,52-53H,3-4,6,8-10,12,14-16,19,22-42,44,46-47H2,1-2H3,(H,51,54)/b7-5-,13-11-,18-17-,21-20-,45-43+. The van der Waals surface area contributed by atoms with Crippen molar-refractivity contribution in [1.29, 1.82) is 0 Å². The van der Waals surface area contributed by atoms with Crippen LogP contribution in [0.4, 0.5) is 0 Å². The van der Waals surface area contributed by atoms with E-state index >= 15 is 0 Å². The van der Waals surface area contributed by atoms with Crippen LogP contribution in [0.15, 0.2) is 60.8 Å². The van der Waals surface area contributed by atoms with Crippen LogP contribution >= 0.6 is 0 Å². The normalized spacial score (nSPS) is 13.5. The SMILES string of the molecule is CC/C=C\C/C=C\C/C=C\C/C=C\CCCCCCCCCCCCCCCCCCC(=O)NC(CO)C(O)/C=C/CCCCCCCCCCCCC. The Bertz CT molecular complexity index is 904. The number of hydrogen-bond donors (Lipinski definition) is 3. The van der Waals surface area contributed by atoms with Crippen LogP contribution < -0.4 is 5.32 Å². The molecule has 0 aliphatic rings. The number of amides is 1. The molecule has 0 aromatic carbocycles. The molecule has 2 unspecified atom stereocenters. The Labute approximate surface area is 336 Å². The molecule has 1 amide bonds. The van der Waals surface area contributed by atoms with Gasteiger partial charge >= 0.3 is 0 Å². The highest BCUT2D eigenvalue weighted by molar-refractivity contribution is 5.76. The number of aliphatic hydroxyl groups is 2. The zero-order chi connectivity index (χ0) is 39.3. The zero-order valence-electron chi connectivity index (χ0n) is 36.0. The van der Waals surface area contributed by atoms with Gasteiger partial charge in [-0.05, 0) is 57.8 Å². The Balaban J connectivity index is 3.50. The fraction of sp³-hybridized carbons (Fsp3) is 0.780. The Morgan fingerprint density at radius 3 is 1.22 bits per heavy atom. The largest absolute Gasteiger partial charge is 0.394 e. The summed E-state index contributed by atoms with van der Waals surface area (Å²) in [4.78, 5) is 12.4. The molecule has 0 aromatic rings. The van der Waals surface area contributed by atoms with E-state index in [-0.39, 0.29) is 12.5 Å². The molecule has 2 atom stereocenters. The van der Waals surface area contributed by atoms with Crippen LogP contribution in [0.2, 0.25) is 0 Å². The summed E-state index contributed by atoms with van der Waals surface area (Å²) in [6.07, 6.45) is 63.4. The molecule has 0 spiro atoms. The maximum absolute atomic E-state index is 12.4. The van der Waals surface area contributed by atoms with Gasteiger partial charge in [-0.25, -0.2) is 0 Å². The van der Waals surface area contributed by atoms with E-state index in [0.29, 0.717) is 6.42 Å². The third kappa shape index (κ3) is 41.3. The predicted molar refractivity (Wildman–Crippen MR) is 239 cm³/mol. The van der Waals surface area contributed by atoms with E-state index in [1.54, 1.807) is 6.08 Å². The van der Waals surface area contributed by atoms with Crippen molar-refractivity contribution in [2.24, 2.45) is 0 Å². The minimum Gasteiger partial charge on any atom is -0.394 e. The summed E-state index contributed by atoms with van der Waals surface area (Å²) in [5, 5.41) is 23.0. The second-order valence-electron chi connectivity index (χ2n) is 15.8. The molecule has 3 N–H and O–H groups in total. The third-order valence-corrected chi connectivity index (χ3v) is 10.5. The summed E-state index contributed by atoms with van der Waals surface area (Å²) in [5.74, 6) is -0.0652. The van der Waals surface area contributed by atoms with Gasteiger partial charge in [-0.3, -0.25) is 4.79 Å². The van der Waals surface area contributed by atoms with Crippen molar-refractivity contribution < 1.29 is 15.0 Å².